The maximum Gasteiger partial charge on any atom is 0.414 e. The van der Waals surface area contributed by atoms with Crippen LogP contribution >= 0.6 is 11.3 Å². The van der Waals surface area contributed by atoms with E-state index in [9.17, 15) is 18.8 Å². The van der Waals surface area contributed by atoms with Gasteiger partial charge in [-0.2, -0.15) is 11.3 Å². The van der Waals surface area contributed by atoms with Gasteiger partial charge in [0.2, 0.25) is 5.91 Å². The van der Waals surface area contributed by atoms with Crippen LogP contribution in [0.2, 0.25) is 0 Å². The van der Waals surface area contributed by atoms with Crippen LogP contribution in [0.3, 0.4) is 0 Å². The van der Waals surface area contributed by atoms with Gasteiger partial charge in [-0.3, -0.25) is 14.5 Å². The predicted octanol–water partition coefficient (Wildman–Crippen LogP) is 2.31. The second kappa shape index (κ2) is 8.93. The van der Waals surface area contributed by atoms with Gasteiger partial charge in [0.15, 0.2) is 0 Å². The third kappa shape index (κ3) is 4.63. The molecule has 1 atom stereocenters. The second-order valence-corrected chi connectivity index (χ2v) is 8.26. The fraction of sp³-hybridized carbons (Fsp3) is 0.381. The lowest BCUT2D eigenvalue weighted by Crippen LogP contribution is -2.49. The van der Waals surface area contributed by atoms with Crippen molar-refractivity contribution in [2.75, 3.05) is 49.1 Å². The van der Waals surface area contributed by atoms with E-state index in [1.807, 2.05) is 21.7 Å². The molecule has 1 aromatic heterocycles. The Labute approximate surface area is 183 Å². The summed E-state index contributed by atoms with van der Waals surface area (Å²) in [5.41, 5.74) is 1.53. The van der Waals surface area contributed by atoms with E-state index in [1.165, 1.54) is 29.2 Å². The fourth-order valence-electron chi connectivity index (χ4n) is 3.74. The number of thiophene rings is 1. The Hall–Kier alpha value is -3.14. The topological polar surface area (TPSA) is 82.2 Å². The molecule has 1 aromatic carbocycles. The maximum atomic E-state index is 14.9. The highest BCUT2D eigenvalue weighted by Crippen LogP contribution is 2.28. The lowest BCUT2D eigenvalue weighted by Gasteiger charge is -2.36. The molecule has 0 aliphatic carbocycles. The normalized spacial score (nSPS) is 18.8. The molecular formula is C21H23FN4O4S. The summed E-state index contributed by atoms with van der Waals surface area (Å²) in [6.07, 6.45) is -1.05. The number of carbonyl (C=O) groups excluding carboxylic acids is 3. The van der Waals surface area contributed by atoms with Crippen molar-refractivity contribution in [2.24, 2.45) is 0 Å². The molecule has 10 heteroatoms. The zero-order valence-electron chi connectivity index (χ0n) is 17.0. The number of cyclic esters (lactones) is 1. The number of amides is 3. The molecule has 2 aromatic rings. The lowest BCUT2D eigenvalue weighted by molar-refractivity contribution is -0.119. The van der Waals surface area contributed by atoms with Crippen molar-refractivity contribution in [3.05, 3.63) is 46.4 Å². The van der Waals surface area contributed by atoms with Crippen LogP contribution in [0.4, 0.5) is 20.6 Å². The highest BCUT2D eigenvalue weighted by atomic mass is 32.1. The van der Waals surface area contributed by atoms with Gasteiger partial charge < -0.3 is 19.9 Å². The van der Waals surface area contributed by atoms with Gasteiger partial charge in [-0.25, -0.2) is 9.18 Å². The molecule has 0 bridgehead atoms. The Morgan fingerprint density at radius 1 is 1.23 bits per heavy atom. The first-order valence-electron chi connectivity index (χ1n) is 10.0. The van der Waals surface area contributed by atoms with Crippen molar-refractivity contribution in [3.63, 3.8) is 0 Å². The SMILES string of the molecule is CC(=O)NCC1CN(c2ccc(N3CCN(C(=O)c4ccsc4)CC3)c(F)c2)C(=O)O1. The first-order valence-corrected chi connectivity index (χ1v) is 10.9. The Balaban J connectivity index is 1.38. The van der Waals surface area contributed by atoms with Gasteiger partial charge >= 0.3 is 6.09 Å². The highest BCUT2D eigenvalue weighted by Gasteiger charge is 2.33. The van der Waals surface area contributed by atoms with Gasteiger partial charge in [0.05, 0.1) is 30.0 Å². The standard InChI is InChI=1S/C21H23FN4O4S/c1-14(27)23-11-17-12-26(21(29)30-17)16-2-3-19(18(22)10-16)24-5-7-25(8-6-24)20(28)15-4-9-31-13-15/h2-4,9-10,13,17H,5-8,11-12H2,1H3,(H,23,27). The monoisotopic (exact) mass is 446 g/mol. The molecule has 164 valence electrons. The Morgan fingerprint density at radius 3 is 2.65 bits per heavy atom. The number of anilines is 2. The van der Waals surface area contributed by atoms with E-state index in [2.05, 4.69) is 5.32 Å². The fourth-order valence-corrected chi connectivity index (χ4v) is 4.37. The van der Waals surface area contributed by atoms with Crippen molar-refractivity contribution >= 4 is 40.6 Å². The predicted molar refractivity (Wildman–Crippen MR) is 115 cm³/mol. The zero-order valence-corrected chi connectivity index (χ0v) is 17.9. The van der Waals surface area contributed by atoms with Crippen LogP contribution < -0.4 is 15.1 Å². The molecule has 1 unspecified atom stereocenters. The van der Waals surface area contributed by atoms with Crippen molar-refractivity contribution in [1.29, 1.82) is 0 Å². The third-order valence-corrected chi connectivity index (χ3v) is 6.05. The Bertz CT molecular complexity index is 976. The minimum Gasteiger partial charge on any atom is -0.442 e. The molecule has 8 nitrogen and oxygen atoms in total. The number of nitrogens with zero attached hydrogens (tertiary/aromatic N) is 3. The summed E-state index contributed by atoms with van der Waals surface area (Å²) in [6, 6.07) is 6.46. The molecule has 0 radical (unpaired) electrons. The summed E-state index contributed by atoms with van der Waals surface area (Å²) >= 11 is 1.48. The van der Waals surface area contributed by atoms with Crippen LogP contribution in [-0.2, 0) is 9.53 Å². The largest absolute Gasteiger partial charge is 0.442 e. The van der Waals surface area contributed by atoms with Gasteiger partial charge in [-0.15, -0.1) is 0 Å². The van der Waals surface area contributed by atoms with E-state index >= 15 is 0 Å². The third-order valence-electron chi connectivity index (χ3n) is 5.37. The average Bonchev–Trinajstić information content (AvgIpc) is 3.42. The summed E-state index contributed by atoms with van der Waals surface area (Å²) < 4.78 is 20.1. The first kappa shape index (κ1) is 21.1. The second-order valence-electron chi connectivity index (χ2n) is 7.48. The van der Waals surface area contributed by atoms with Gasteiger partial charge in [-0.05, 0) is 29.6 Å². The van der Waals surface area contributed by atoms with Crippen LogP contribution in [-0.4, -0.2) is 68.2 Å². The molecule has 4 rings (SSSR count). The number of halogens is 1. The van der Waals surface area contributed by atoms with E-state index in [-0.39, 0.29) is 24.9 Å². The van der Waals surface area contributed by atoms with E-state index < -0.39 is 18.0 Å². The zero-order chi connectivity index (χ0) is 22.0. The maximum absolute atomic E-state index is 14.9. The van der Waals surface area contributed by atoms with Crippen molar-refractivity contribution < 1.29 is 23.5 Å². The van der Waals surface area contributed by atoms with Gasteiger partial charge in [-0.1, -0.05) is 0 Å². The van der Waals surface area contributed by atoms with E-state index in [0.29, 0.717) is 43.1 Å². The number of ether oxygens (including phenoxy) is 1. The summed E-state index contributed by atoms with van der Waals surface area (Å²) in [5, 5.41) is 6.32. The van der Waals surface area contributed by atoms with E-state index in [0.717, 1.165) is 0 Å². The molecule has 1 N–H and O–H groups in total. The molecule has 2 aliphatic heterocycles. The van der Waals surface area contributed by atoms with Gasteiger partial charge in [0.1, 0.15) is 11.9 Å². The molecular weight excluding hydrogens is 423 g/mol. The van der Waals surface area contributed by atoms with Crippen LogP contribution in [0.25, 0.3) is 0 Å². The number of rotatable bonds is 5. The summed E-state index contributed by atoms with van der Waals surface area (Å²) in [7, 11) is 0. The summed E-state index contributed by atoms with van der Waals surface area (Å²) in [5.74, 6) is -0.645. The average molecular weight is 447 g/mol. The van der Waals surface area contributed by atoms with Gasteiger partial charge in [0, 0.05) is 38.5 Å². The van der Waals surface area contributed by atoms with Crippen LogP contribution in [0, 0.1) is 5.82 Å². The minimum absolute atomic E-state index is 0.00178. The molecule has 31 heavy (non-hydrogen) atoms. The number of hydrogen-bond donors (Lipinski definition) is 1. The number of benzene rings is 1. The van der Waals surface area contributed by atoms with E-state index in [4.69, 9.17) is 4.74 Å². The Morgan fingerprint density at radius 2 is 2.00 bits per heavy atom. The molecule has 3 heterocycles. The highest BCUT2D eigenvalue weighted by molar-refractivity contribution is 7.08. The van der Waals surface area contributed by atoms with Crippen molar-refractivity contribution in [2.45, 2.75) is 13.0 Å². The minimum atomic E-state index is -0.567. The lowest BCUT2D eigenvalue weighted by atomic mass is 10.2. The van der Waals surface area contributed by atoms with Gasteiger partial charge in [0.25, 0.3) is 5.91 Å². The van der Waals surface area contributed by atoms with Crippen LogP contribution in [0.15, 0.2) is 35.0 Å². The smallest absolute Gasteiger partial charge is 0.414 e. The van der Waals surface area contributed by atoms with E-state index in [1.54, 1.807) is 17.0 Å². The first-order chi connectivity index (χ1) is 14.9. The number of carbonyl (C=O) groups is 3. The summed E-state index contributed by atoms with van der Waals surface area (Å²) in [6.45, 7) is 3.92. The number of hydrogen-bond acceptors (Lipinski definition) is 6. The Kier molecular flexibility index (Phi) is 6.08. The summed E-state index contributed by atoms with van der Waals surface area (Å²) in [4.78, 5) is 40.7. The molecule has 2 fully saturated rings. The van der Waals surface area contributed by atoms with Crippen molar-refractivity contribution in [1.82, 2.24) is 10.2 Å². The molecule has 0 saturated carbocycles. The number of nitrogens with one attached hydrogen (secondary N) is 1. The van der Waals surface area contributed by atoms with Crippen LogP contribution in [0.5, 0.6) is 0 Å². The van der Waals surface area contributed by atoms with Crippen LogP contribution in [0.1, 0.15) is 17.3 Å². The molecule has 2 saturated heterocycles. The number of piperazine rings is 1. The molecule has 0 spiro atoms. The molecule has 3 amide bonds. The van der Waals surface area contributed by atoms with Crippen molar-refractivity contribution in [3.8, 4) is 0 Å². The quantitative estimate of drug-likeness (QED) is 0.762. The molecule has 2 aliphatic rings.